The highest BCUT2D eigenvalue weighted by atomic mass is 79.9. The number of fused-ring (bicyclic) bond motifs is 1. The summed E-state index contributed by atoms with van der Waals surface area (Å²) in [6, 6.07) is 13.3. The summed E-state index contributed by atoms with van der Waals surface area (Å²) in [4.78, 5) is 11.9. The van der Waals surface area contributed by atoms with E-state index in [2.05, 4.69) is 21.2 Å². The number of amides is 1. The molecule has 1 N–H and O–H groups in total. The van der Waals surface area contributed by atoms with E-state index in [1.807, 2.05) is 30.3 Å². The molecule has 0 fully saturated rings. The molecule has 0 saturated heterocycles. The Bertz CT molecular complexity index is 812. The number of ether oxygens (including phenoxy) is 1. The zero-order valence-corrected chi connectivity index (χ0v) is 13.5. The zero-order chi connectivity index (χ0) is 15.5. The Labute approximate surface area is 136 Å². The van der Waals surface area contributed by atoms with Crippen molar-refractivity contribution in [3.05, 3.63) is 64.5 Å². The summed E-state index contributed by atoms with van der Waals surface area (Å²) in [5.41, 5.74) is 1.02. The van der Waals surface area contributed by atoms with E-state index >= 15 is 0 Å². The van der Waals surface area contributed by atoms with Crippen molar-refractivity contribution in [3.63, 3.8) is 0 Å². The first kappa shape index (κ1) is 14.7. The predicted octanol–water partition coefficient (Wildman–Crippen LogP) is 4.13. The minimum atomic E-state index is -0.221. The molecule has 0 aliphatic rings. The van der Waals surface area contributed by atoms with Crippen LogP contribution in [0.25, 0.3) is 10.8 Å². The molecule has 112 valence electrons. The molecule has 22 heavy (non-hydrogen) atoms. The lowest BCUT2D eigenvalue weighted by Crippen LogP contribution is -2.22. The van der Waals surface area contributed by atoms with Gasteiger partial charge >= 0.3 is 0 Å². The molecule has 3 rings (SSSR count). The molecule has 0 atom stereocenters. The van der Waals surface area contributed by atoms with Gasteiger partial charge in [0.25, 0.3) is 5.91 Å². The first-order valence-corrected chi connectivity index (χ1v) is 7.55. The van der Waals surface area contributed by atoms with Crippen LogP contribution in [-0.4, -0.2) is 13.0 Å². The molecule has 0 bridgehead atoms. The fraction of sp³-hybridized carbons (Fsp3) is 0.118. The van der Waals surface area contributed by atoms with Crippen LogP contribution in [0.5, 0.6) is 5.75 Å². The highest BCUT2D eigenvalue weighted by molar-refractivity contribution is 9.10. The maximum atomic E-state index is 11.9. The lowest BCUT2D eigenvalue weighted by atomic mass is 10.1. The summed E-state index contributed by atoms with van der Waals surface area (Å²) in [5.74, 6) is 0.889. The van der Waals surface area contributed by atoms with Crippen LogP contribution in [0.2, 0.25) is 0 Å². The summed E-state index contributed by atoms with van der Waals surface area (Å²) in [6.45, 7) is 0.444. The summed E-state index contributed by atoms with van der Waals surface area (Å²) < 4.78 is 11.3. The van der Waals surface area contributed by atoms with Gasteiger partial charge in [-0.15, -0.1) is 0 Å². The fourth-order valence-corrected chi connectivity index (χ4v) is 2.92. The number of hydrogen-bond donors (Lipinski definition) is 1. The van der Waals surface area contributed by atoms with Gasteiger partial charge in [0.05, 0.1) is 17.8 Å². The molecule has 2 aromatic carbocycles. The molecule has 3 aromatic rings. The molecule has 4 nitrogen and oxygen atoms in total. The van der Waals surface area contributed by atoms with Gasteiger partial charge in [-0.25, -0.2) is 0 Å². The second-order valence-electron chi connectivity index (χ2n) is 4.80. The Balaban J connectivity index is 1.79. The summed E-state index contributed by atoms with van der Waals surface area (Å²) in [6.07, 6.45) is 1.48. The van der Waals surface area contributed by atoms with E-state index in [4.69, 9.17) is 9.15 Å². The summed E-state index contributed by atoms with van der Waals surface area (Å²) in [5, 5.41) is 4.98. The zero-order valence-electron chi connectivity index (χ0n) is 11.9. The van der Waals surface area contributed by atoms with E-state index < -0.39 is 0 Å². The van der Waals surface area contributed by atoms with Crippen LogP contribution in [-0.2, 0) is 6.54 Å². The molecule has 5 heteroatoms. The Morgan fingerprint density at radius 2 is 2.14 bits per heavy atom. The quantitative estimate of drug-likeness (QED) is 0.761. The van der Waals surface area contributed by atoms with Gasteiger partial charge in [0.2, 0.25) is 0 Å². The van der Waals surface area contributed by atoms with Gasteiger partial charge in [0, 0.05) is 6.54 Å². The van der Waals surface area contributed by atoms with Crippen molar-refractivity contribution in [1.82, 2.24) is 5.32 Å². The van der Waals surface area contributed by atoms with E-state index in [1.165, 1.54) is 6.26 Å². The van der Waals surface area contributed by atoms with Gasteiger partial charge in [-0.3, -0.25) is 4.79 Å². The van der Waals surface area contributed by atoms with Crippen LogP contribution in [0.3, 0.4) is 0 Å². The molecule has 0 radical (unpaired) electrons. The third kappa shape index (κ3) is 2.85. The first-order valence-electron chi connectivity index (χ1n) is 6.76. The highest BCUT2D eigenvalue weighted by Gasteiger charge is 2.09. The maximum absolute atomic E-state index is 11.9. The molecule has 1 heterocycles. The maximum Gasteiger partial charge on any atom is 0.287 e. The lowest BCUT2D eigenvalue weighted by molar-refractivity contribution is 0.0923. The molecular weight excluding hydrogens is 346 g/mol. The average molecular weight is 360 g/mol. The molecule has 0 aliphatic heterocycles. The van der Waals surface area contributed by atoms with Crippen LogP contribution in [0.15, 0.2) is 57.6 Å². The average Bonchev–Trinajstić information content (AvgIpc) is 3.07. The van der Waals surface area contributed by atoms with Crippen molar-refractivity contribution < 1.29 is 13.9 Å². The van der Waals surface area contributed by atoms with Crippen LogP contribution in [0.1, 0.15) is 16.1 Å². The number of rotatable bonds is 4. The van der Waals surface area contributed by atoms with E-state index in [9.17, 15) is 4.79 Å². The van der Waals surface area contributed by atoms with Gasteiger partial charge in [-0.2, -0.15) is 0 Å². The number of halogens is 1. The molecule has 0 aliphatic carbocycles. The van der Waals surface area contributed by atoms with Crippen molar-refractivity contribution in [2.24, 2.45) is 0 Å². The number of furan rings is 1. The number of carbonyl (C=O) groups excluding carboxylic acids is 1. The van der Waals surface area contributed by atoms with Crippen molar-refractivity contribution in [2.45, 2.75) is 6.54 Å². The first-order chi connectivity index (χ1) is 10.7. The smallest absolute Gasteiger partial charge is 0.287 e. The Morgan fingerprint density at radius 1 is 1.27 bits per heavy atom. The fourth-order valence-electron chi connectivity index (χ4n) is 2.27. The third-order valence-electron chi connectivity index (χ3n) is 3.40. The largest absolute Gasteiger partial charge is 0.496 e. The molecular formula is C17H14BrNO3. The normalized spacial score (nSPS) is 10.6. The van der Waals surface area contributed by atoms with Crippen LogP contribution < -0.4 is 10.1 Å². The van der Waals surface area contributed by atoms with E-state index in [-0.39, 0.29) is 5.91 Å². The third-order valence-corrected chi connectivity index (χ3v) is 4.22. The van der Waals surface area contributed by atoms with Gasteiger partial charge in [-0.05, 0) is 56.5 Å². The molecule has 1 amide bonds. The second-order valence-corrected chi connectivity index (χ2v) is 5.59. The van der Waals surface area contributed by atoms with Crippen LogP contribution >= 0.6 is 15.9 Å². The lowest BCUT2D eigenvalue weighted by Gasteiger charge is -2.09. The minimum Gasteiger partial charge on any atom is -0.496 e. The topological polar surface area (TPSA) is 51.5 Å². The van der Waals surface area contributed by atoms with E-state index in [1.54, 1.807) is 19.2 Å². The Hall–Kier alpha value is -2.27. The second kappa shape index (κ2) is 6.23. The SMILES string of the molecule is COc1ccc2cc(CNC(=O)c3ccco3)ccc2c1Br. The molecule has 0 unspecified atom stereocenters. The number of carbonyl (C=O) groups is 1. The van der Waals surface area contributed by atoms with Crippen LogP contribution in [0, 0.1) is 0 Å². The summed E-state index contributed by atoms with van der Waals surface area (Å²) in [7, 11) is 1.64. The highest BCUT2D eigenvalue weighted by Crippen LogP contribution is 2.33. The van der Waals surface area contributed by atoms with Crippen molar-refractivity contribution >= 4 is 32.6 Å². The predicted molar refractivity (Wildman–Crippen MR) is 88.1 cm³/mol. The molecule has 0 saturated carbocycles. The Kier molecular flexibility index (Phi) is 4.15. The number of methoxy groups -OCH3 is 1. The standard InChI is InChI=1S/C17H14BrNO3/c1-21-14-7-5-12-9-11(4-6-13(12)16(14)18)10-19-17(20)15-3-2-8-22-15/h2-9H,10H2,1H3,(H,19,20). The number of benzene rings is 2. The Morgan fingerprint density at radius 3 is 2.86 bits per heavy atom. The van der Waals surface area contributed by atoms with Gasteiger partial charge in [0.1, 0.15) is 5.75 Å². The molecule has 0 spiro atoms. The monoisotopic (exact) mass is 359 g/mol. The minimum absolute atomic E-state index is 0.221. The van der Waals surface area contributed by atoms with Crippen molar-refractivity contribution in [3.8, 4) is 5.75 Å². The molecule has 1 aromatic heterocycles. The van der Waals surface area contributed by atoms with E-state index in [0.717, 1.165) is 26.6 Å². The van der Waals surface area contributed by atoms with Crippen molar-refractivity contribution in [1.29, 1.82) is 0 Å². The summed E-state index contributed by atoms with van der Waals surface area (Å²) >= 11 is 3.55. The van der Waals surface area contributed by atoms with Gasteiger partial charge in [0.15, 0.2) is 5.76 Å². The van der Waals surface area contributed by atoms with Gasteiger partial charge in [-0.1, -0.05) is 18.2 Å². The number of hydrogen-bond acceptors (Lipinski definition) is 3. The van der Waals surface area contributed by atoms with Gasteiger partial charge < -0.3 is 14.5 Å². The van der Waals surface area contributed by atoms with Crippen LogP contribution in [0.4, 0.5) is 0 Å². The van der Waals surface area contributed by atoms with Crippen molar-refractivity contribution in [2.75, 3.05) is 7.11 Å². The van der Waals surface area contributed by atoms with E-state index in [0.29, 0.717) is 12.3 Å². The number of nitrogens with one attached hydrogen (secondary N) is 1.